The van der Waals surface area contributed by atoms with Crippen molar-refractivity contribution in [3.8, 4) is 0 Å². The van der Waals surface area contributed by atoms with Crippen LogP contribution in [0.1, 0.15) is 50.2 Å². The van der Waals surface area contributed by atoms with E-state index in [9.17, 15) is 0 Å². The first-order valence-electron chi connectivity index (χ1n) is 6.37. The maximum atomic E-state index is 6.43. The molecule has 0 unspecified atom stereocenters. The van der Waals surface area contributed by atoms with Gasteiger partial charge in [-0.1, -0.05) is 30.8 Å². The minimum Gasteiger partial charge on any atom is -0.338 e. The van der Waals surface area contributed by atoms with Crippen LogP contribution in [0, 0.1) is 0 Å². The molecule has 0 aromatic carbocycles. The number of hydrogen-bond acceptors (Lipinski definition) is 5. The van der Waals surface area contributed by atoms with Gasteiger partial charge in [-0.15, -0.1) is 0 Å². The fourth-order valence-corrected chi connectivity index (χ4v) is 2.37. The SMILES string of the molecule is CN(C)Cc1nc(C2(N)CCCCCC2)no1. The van der Waals surface area contributed by atoms with E-state index >= 15 is 0 Å². The molecule has 96 valence electrons. The van der Waals surface area contributed by atoms with Gasteiger partial charge in [0, 0.05) is 0 Å². The van der Waals surface area contributed by atoms with Gasteiger partial charge in [0.05, 0.1) is 12.1 Å². The van der Waals surface area contributed by atoms with Crippen molar-refractivity contribution in [2.75, 3.05) is 14.1 Å². The molecular formula is C12H22N4O. The highest BCUT2D eigenvalue weighted by Gasteiger charge is 2.33. The predicted molar refractivity (Wildman–Crippen MR) is 65.3 cm³/mol. The number of rotatable bonds is 3. The quantitative estimate of drug-likeness (QED) is 0.811. The summed E-state index contributed by atoms with van der Waals surface area (Å²) in [5.74, 6) is 1.34. The molecule has 1 aromatic heterocycles. The van der Waals surface area contributed by atoms with E-state index < -0.39 is 0 Å². The van der Waals surface area contributed by atoms with Crippen molar-refractivity contribution in [3.05, 3.63) is 11.7 Å². The average molecular weight is 238 g/mol. The Morgan fingerprint density at radius 2 is 1.88 bits per heavy atom. The lowest BCUT2D eigenvalue weighted by molar-refractivity contribution is 0.292. The minimum atomic E-state index is -0.370. The van der Waals surface area contributed by atoms with E-state index in [2.05, 4.69) is 10.1 Å². The molecule has 0 amide bonds. The van der Waals surface area contributed by atoms with E-state index in [1.54, 1.807) is 0 Å². The van der Waals surface area contributed by atoms with Crippen molar-refractivity contribution in [1.82, 2.24) is 15.0 Å². The Morgan fingerprint density at radius 1 is 1.24 bits per heavy atom. The molecule has 0 spiro atoms. The van der Waals surface area contributed by atoms with Gasteiger partial charge >= 0.3 is 0 Å². The topological polar surface area (TPSA) is 68.2 Å². The Bertz CT molecular complexity index is 353. The van der Waals surface area contributed by atoms with Gasteiger partial charge in [0.1, 0.15) is 0 Å². The van der Waals surface area contributed by atoms with Gasteiger partial charge in [0.25, 0.3) is 0 Å². The molecule has 1 aliphatic rings. The lowest BCUT2D eigenvalue weighted by Crippen LogP contribution is -2.37. The van der Waals surface area contributed by atoms with Crippen LogP contribution in [0.2, 0.25) is 0 Å². The van der Waals surface area contributed by atoms with Gasteiger partial charge in [-0.2, -0.15) is 4.98 Å². The van der Waals surface area contributed by atoms with Crippen LogP contribution < -0.4 is 5.73 Å². The molecule has 1 heterocycles. The van der Waals surface area contributed by atoms with Crippen LogP contribution in [0.4, 0.5) is 0 Å². The normalized spacial score (nSPS) is 20.5. The molecule has 0 atom stereocenters. The van der Waals surface area contributed by atoms with E-state index in [4.69, 9.17) is 10.3 Å². The lowest BCUT2D eigenvalue weighted by Gasteiger charge is -2.23. The molecule has 1 fully saturated rings. The first kappa shape index (κ1) is 12.5. The predicted octanol–water partition coefficient (Wildman–Crippen LogP) is 1.64. The summed E-state index contributed by atoms with van der Waals surface area (Å²) in [7, 11) is 3.96. The van der Waals surface area contributed by atoms with Crippen LogP contribution in [0.15, 0.2) is 4.52 Å². The summed E-state index contributed by atoms with van der Waals surface area (Å²) in [5, 5.41) is 4.07. The highest BCUT2D eigenvalue weighted by Crippen LogP contribution is 2.31. The Hall–Kier alpha value is -0.940. The fraction of sp³-hybridized carbons (Fsp3) is 0.833. The maximum Gasteiger partial charge on any atom is 0.240 e. The molecule has 1 aliphatic carbocycles. The van der Waals surface area contributed by atoms with Gasteiger partial charge in [0.2, 0.25) is 5.89 Å². The fourth-order valence-electron chi connectivity index (χ4n) is 2.37. The maximum absolute atomic E-state index is 6.43. The van der Waals surface area contributed by atoms with Gasteiger partial charge in [-0.25, -0.2) is 0 Å². The van der Waals surface area contributed by atoms with E-state index in [0.717, 1.165) is 25.7 Å². The molecular weight excluding hydrogens is 216 g/mol. The molecule has 0 bridgehead atoms. The van der Waals surface area contributed by atoms with Crippen molar-refractivity contribution >= 4 is 0 Å². The van der Waals surface area contributed by atoms with Crippen molar-refractivity contribution in [2.24, 2.45) is 5.73 Å². The zero-order chi connectivity index (χ0) is 12.3. The lowest BCUT2D eigenvalue weighted by atomic mass is 9.91. The van der Waals surface area contributed by atoms with Gasteiger partial charge < -0.3 is 15.2 Å². The Labute approximate surface area is 102 Å². The molecule has 0 saturated heterocycles. The van der Waals surface area contributed by atoms with Gasteiger partial charge in [-0.3, -0.25) is 0 Å². The zero-order valence-corrected chi connectivity index (χ0v) is 10.8. The number of aromatic nitrogens is 2. The number of nitrogens with zero attached hydrogens (tertiary/aromatic N) is 3. The molecule has 1 saturated carbocycles. The van der Waals surface area contributed by atoms with E-state index in [0.29, 0.717) is 18.3 Å². The first-order chi connectivity index (χ1) is 8.10. The van der Waals surface area contributed by atoms with Crippen LogP contribution in [-0.2, 0) is 12.1 Å². The second-order valence-corrected chi connectivity index (χ2v) is 5.32. The van der Waals surface area contributed by atoms with Crippen LogP contribution in [0.5, 0.6) is 0 Å². The van der Waals surface area contributed by atoms with Gasteiger partial charge in [0.15, 0.2) is 5.82 Å². The summed E-state index contributed by atoms with van der Waals surface area (Å²) >= 11 is 0. The summed E-state index contributed by atoms with van der Waals surface area (Å²) in [6.45, 7) is 0.670. The smallest absolute Gasteiger partial charge is 0.240 e. The van der Waals surface area contributed by atoms with Crippen LogP contribution >= 0.6 is 0 Å². The molecule has 2 rings (SSSR count). The summed E-state index contributed by atoms with van der Waals surface area (Å²) in [6.07, 6.45) is 6.78. The van der Waals surface area contributed by atoms with Crippen molar-refractivity contribution < 1.29 is 4.52 Å². The van der Waals surface area contributed by atoms with Crippen molar-refractivity contribution in [1.29, 1.82) is 0 Å². The Morgan fingerprint density at radius 3 is 2.47 bits per heavy atom. The summed E-state index contributed by atoms with van der Waals surface area (Å²) < 4.78 is 5.25. The number of hydrogen-bond donors (Lipinski definition) is 1. The van der Waals surface area contributed by atoms with Crippen molar-refractivity contribution in [3.63, 3.8) is 0 Å². The average Bonchev–Trinajstić information content (AvgIpc) is 2.60. The third-order valence-corrected chi connectivity index (χ3v) is 3.36. The Balaban J connectivity index is 2.11. The molecule has 2 N–H and O–H groups in total. The number of nitrogens with two attached hydrogens (primary N) is 1. The molecule has 5 nitrogen and oxygen atoms in total. The first-order valence-corrected chi connectivity index (χ1v) is 6.37. The van der Waals surface area contributed by atoms with E-state index in [1.165, 1.54) is 12.8 Å². The van der Waals surface area contributed by atoms with Crippen molar-refractivity contribution in [2.45, 2.75) is 50.6 Å². The molecule has 17 heavy (non-hydrogen) atoms. The van der Waals surface area contributed by atoms with Crippen LogP contribution in [0.3, 0.4) is 0 Å². The third-order valence-electron chi connectivity index (χ3n) is 3.36. The van der Waals surface area contributed by atoms with Crippen LogP contribution in [0.25, 0.3) is 0 Å². The highest BCUT2D eigenvalue weighted by atomic mass is 16.5. The standard InChI is InChI=1S/C12H22N4O/c1-16(2)9-10-14-11(15-17-10)12(13)7-5-3-4-6-8-12/h3-9,13H2,1-2H3. The monoisotopic (exact) mass is 238 g/mol. The largest absolute Gasteiger partial charge is 0.338 e. The van der Waals surface area contributed by atoms with Crippen LogP contribution in [-0.4, -0.2) is 29.1 Å². The summed E-state index contributed by atoms with van der Waals surface area (Å²) in [6, 6.07) is 0. The second-order valence-electron chi connectivity index (χ2n) is 5.32. The molecule has 0 radical (unpaired) electrons. The second kappa shape index (κ2) is 5.14. The van der Waals surface area contributed by atoms with E-state index in [-0.39, 0.29) is 5.54 Å². The third kappa shape index (κ3) is 3.04. The molecule has 0 aliphatic heterocycles. The Kier molecular flexibility index (Phi) is 3.79. The zero-order valence-electron chi connectivity index (χ0n) is 10.8. The molecule has 1 aromatic rings. The summed E-state index contributed by atoms with van der Waals surface area (Å²) in [4.78, 5) is 6.45. The highest BCUT2D eigenvalue weighted by molar-refractivity contribution is 5.04. The minimum absolute atomic E-state index is 0.370. The van der Waals surface area contributed by atoms with Gasteiger partial charge in [-0.05, 0) is 26.9 Å². The van der Waals surface area contributed by atoms with E-state index in [1.807, 2.05) is 19.0 Å². The molecule has 5 heteroatoms. The summed E-state index contributed by atoms with van der Waals surface area (Å²) in [5.41, 5.74) is 6.06.